The SMILES string of the molecule is C=CCOC(=O)Nc1ncc(C(=O)O)nc1Cl. The average molecular weight is 258 g/mol. The van der Waals surface area contributed by atoms with Crippen molar-refractivity contribution in [3.8, 4) is 0 Å². The molecule has 1 aromatic rings. The zero-order chi connectivity index (χ0) is 12.8. The molecular weight excluding hydrogens is 250 g/mol. The lowest BCUT2D eigenvalue weighted by molar-refractivity contribution is 0.0690. The number of rotatable bonds is 4. The van der Waals surface area contributed by atoms with Crippen LogP contribution in [0.2, 0.25) is 5.15 Å². The Bertz CT molecular complexity index is 464. The number of carboxylic acid groups (broad SMARTS) is 1. The van der Waals surface area contributed by atoms with Crippen molar-refractivity contribution in [1.82, 2.24) is 9.97 Å². The molecule has 90 valence electrons. The van der Waals surface area contributed by atoms with Gasteiger partial charge < -0.3 is 9.84 Å². The van der Waals surface area contributed by atoms with Crippen LogP contribution in [0.15, 0.2) is 18.9 Å². The summed E-state index contributed by atoms with van der Waals surface area (Å²) in [5.74, 6) is -1.34. The molecule has 0 saturated carbocycles. The largest absolute Gasteiger partial charge is 0.476 e. The highest BCUT2D eigenvalue weighted by atomic mass is 35.5. The summed E-state index contributed by atoms with van der Waals surface area (Å²) in [6, 6.07) is 0. The molecule has 0 fully saturated rings. The Balaban J connectivity index is 2.75. The van der Waals surface area contributed by atoms with Gasteiger partial charge in [0.15, 0.2) is 16.7 Å². The molecule has 0 aromatic carbocycles. The van der Waals surface area contributed by atoms with E-state index in [1.54, 1.807) is 0 Å². The lowest BCUT2D eigenvalue weighted by atomic mass is 10.4. The molecule has 0 radical (unpaired) electrons. The van der Waals surface area contributed by atoms with Crippen LogP contribution in [0.4, 0.5) is 10.6 Å². The lowest BCUT2D eigenvalue weighted by Crippen LogP contribution is -2.16. The molecule has 7 nitrogen and oxygen atoms in total. The molecule has 0 aliphatic rings. The molecule has 8 heteroatoms. The number of aromatic carboxylic acids is 1. The number of carbonyl (C=O) groups is 2. The van der Waals surface area contributed by atoms with Crippen molar-refractivity contribution >= 4 is 29.5 Å². The van der Waals surface area contributed by atoms with Crippen LogP contribution in [0.1, 0.15) is 10.5 Å². The van der Waals surface area contributed by atoms with Crippen LogP contribution in [-0.4, -0.2) is 33.7 Å². The number of nitrogens with zero attached hydrogens (tertiary/aromatic N) is 2. The van der Waals surface area contributed by atoms with Crippen molar-refractivity contribution in [1.29, 1.82) is 0 Å². The van der Waals surface area contributed by atoms with Crippen molar-refractivity contribution < 1.29 is 19.4 Å². The van der Waals surface area contributed by atoms with Gasteiger partial charge in [-0.2, -0.15) is 0 Å². The van der Waals surface area contributed by atoms with Crippen LogP contribution >= 0.6 is 11.6 Å². The number of ether oxygens (including phenoxy) is 1. The molecule has 1 amide bonds. The Morgan fingerprint density at radius 1 is 1.65 bits per heavy atom. The minimum absolute atomic E-state index is 0.0318. The second kappa shape index (κ2) is 5.80. The van der Waals surface area contributed by atoms with Gasteiger partial charge in [-0.05, 0) is 0 Å². The van der Waals surface area contributed by atoms with E-state index < -0.39 is 12.1 Å². The van der Waals surface area contributed by atoms with Crippen molar-refractivity contribution in [3.63, 3.8) is 0 Å². The van der Waals surface area contributed by atoms with Crippen molar-refractivity contribution in [2.45, 2.75) is 0 Å². The zero-order valence-electron chi connectivity index (χ0n) is 8.51. The van der Waals surface area contributed by atoms with Gasteiger partial charge >= 0.3 is 12.1 Å². The number of halogens is 1. The summed E-state index contributed by atoms with van der Waals surface area (Å²) >= 11 is 5.62. The van der Waals surface area contributed by atoms with Crippen LogP contribution in [0.5, 0.6) is 0 Å². The molecule has 17 heavy (non-hydrogen) atoms. The van der Waals surface area contributed by atoms with Gasteiger partial charge in [-0.25, -0.2) is 19.6 Å². The molecule has 2 N–H and O–H groups in total. The fourth-order valence-electron chi connectivity index (χ4n) is 0.821. The van der Waals surface area contributed by atoms with Gasteiger partial charge in [0.25, 0.3) is 0 Å². The van der Waals surface area contributed by atoms with Crippen LogP contribution in [0.3, 0.4) is 0 Å². The maximum Gasteiger partial charge on any atom is 0.413 e. The van der Waals surface area contributed by atoms with Crippen LogP contribution in [-0.2, 0) is 4.74 Å². The number of carbonyl (C=O) groups excluding carboxylic acids is 1. The Morgan fingerprint density at radius 2 is 2.35 bits per heavy atom. The van der Waals surface area contributed by atoms with E-state index in [9.17, 15) is 9.59 Å². The van der Waals surface area contributed by atoms with E-state index in [0.29, 0.717) is 0 Å². The third-order valence-corrected chi connectivity index (χ3v) is 1.77. The quantitative estimate of drug-likeness (QED) is 0.794. The minimum atomic E-state index is -1.26. The standard InChI is InChI=1S/C9H8ClN3O4/c1-2-3-17-9(16)13-7-6(10)12-5(4-11-7)8(14)15/h2,4H,1,3H2,(H,14,15)(H,11,13,16). The number of amides is 1. The molecule has 0 bridgehead atoms. The predicted molar refractivity (Wildman–Crippen MR) is 59.2 cm³/mol. The number of nitrogens with one attached hydrogen (secondary N) is 1. The number of anilines is 1. The van der Waals surface area contributed by atoms with E-state index in [4.69, 9.17) is 16.7 Å². The normalized spacial score (nSPS) is 9.47. The summed E-state index contributed by atoms with van der Waals surface area (Å²) < 4.78 is 4.62. The minimum Gasteiger partial charge on any atom is -0.476 e. The number of hydrogen-bond acceptors (Lipinski definition) is 5. The first-order chi connectivity index (χ1) is 8.04. The van der Waals surface area contributed by atoms with Crippen molar-refractivity contribution in [2.75, 3.05) is 11.9 Å². The van der Waals surface area contributed by atoms with Gasteiger partial charge in [0.2, 0.25) is 0 Å². The summed E-state index contributed by atoms with van der Waals surface area (Å²) in [7, 11) is 0. The Hall–Kier alpha value is -2.15. The fraction of sp³-hybridized carbons (Fsp3) is 0.111. The number of hydrogen-bond donors (Lipinski definition) is 2. The van der Waals surface area contributed by atoms with Crippen molar-refractivity contribution in [3.05, 3.63) is 29.7 Å². The smallest absolute Gasteiger partial charge is 0.413 e. The molecule has 0 spiro atoms. The molecule has 0 saturated heterocycles. The monoisotopic (exact) mass is 257 g/mol. The van der Waals surface area contributed by atoms with Crippen LogP contribution in [0, 0.1) is 0 Å². The molecule has 0 aliphatic carbocycles. The molecular formula is C9H8ClN3O4. The highest BCUT2D eigenvalue weighted by Crippen LogP contribution is 2.16. The maximum atomic E-state index is 11.1. The zero-order valence-corrected chi connectivity index (χ0v) is 9.27. The van der Waals surface area contributed by atoms with Gasteiger partial charge in [-0.3, -0.25) is 5.32 Å². The Labute approximate surface area is 101 Å². The second-order valence-corrected chi connectivity index (χ2v) is 3.07. The van der Waals surface area contributed by atoms with E-state index >= 15 is 0 Å². The summed E-state index contributed by atoms with van der Waals surface area (Å²) in [6.45, 7) is 3.40. The second-order valence-electron chi connectivity index (χ2n) is 2.71. The van der Waals surface area contributed by atoms with E-state index in [0.717, 1.165) is 6.20 Å². The van der Waals surface area contributed by atoms with E-state index in [-0.39, 0.29) is 23.3 Å². The molecule has 0 unspecified atom stereocenters. The van der Waals surface area contributed by atoms with Gasteiger partial charge in [0.05, 0.1) is 6.20 Å². The third-order valence-electron chi connectivity index (χ3n) is 1.50. The van der Waals surface area contributed by atoms with E-state index in [1.807, 2.05) is 0 Å². The summed E-state index contributed by atoms with van der Waals surface area (Å²) in [6.07, 6.45) is 1.57. The Morgan fingerprint density at radius 3 is 2.88 bits per heavy atom. The van der Waals surface area contributed by atoms with Gasteiger partial charge in [-0.15, -0.1) is 0 Å². The number of carboxylic acids is 1. The third kappa shape index (κ3) is 3.72. The van der Waals surface area contributed by atoms with Crippen molar-refractivity contribution in [2.24, 2.45) is 0 Å². The average Bonchev–Trinajstić information content (AvgIpc) is 2.28. The summed E-state index contributed by atoms with van der Waals surface area (Å²) in [5.41, 5.74) is -0.319. The fourth-order valence-corrected chi connectivity index (χ4v) is 1.01. The molecule has 0 atom stereocenters. The maximum absolute atomic E-state index is 11.1. The first-order valence-electron chi connectivity index (χ1n) is 4.35. The van der Waals surface area contributed by atoms with Gasteiger partial charge in [0, 0.05) is 0 Å². The topological polar surface area (TPSA) is 101 Å². The molecule has 1 heterocycles. The van der Waals surface area contributed by atoms with Crippen LogP contribution in [0.25, 0.3) is 0 Å². The highest BCUT2D eigenvalue weighted by Gasteiger charge is 2.12. The van der Waals surface area contributed by atoms with E-state index in [2.05, 4.69) is 26.6 Å². The molecule has 0 aliphatic heterocycles. The summed E-state index contributed by atoms with van der Waals surface area (Å²) in [4.78, 5) is 28.8. The number of aromatic nitrogens is 2. The lowest BCUT2D eigenvalue weighted by Gasteiger charge is -2.05. The van der Waals surface area contributed by atoms with Gasteiger partial charge in [-0.1, -0.05) is 24.3 Å². The predicted octanol–water partition coefficient (Wildman–Crippen LogP) is 1.56. The molecule has 1 aromatic heterocycles. The highest BCUT2D eigenvalue weighted by molar-refractivity contribution is 6.32. The van der Waals surface area contributed by atoms with Gasteiger partial charge in [0.1, 0.15) is 6.61 Å². The molecule has 1 rings (SSSR count). The first kappa shape index (κ1) is 12.9. The first-order valence-corrected chi connectivity index (χ1v) is 4.73. The summed E-state index contributed by atoms with van der Waals surface area (Å²) in [5, 5.41) is 10.6. The van der Waals surface area contributed by atoms with Crippen LogP contribution < -0.4 is 5.32 Å². The van der Waals surface area contributed by atoms with E-state index in [1.165, 1.54) is 6.08 Å². The Kier molecular flexibility index (Phi) is 4.41.